The van der Waals surface area contributed by atoms with E-state index in [4.69, 9.17) is 9.47 Å². The summed E-state index contributed by atoms with van der Waals surface area (Å²) >= 11 is 0. The van der Waals surface area contributed by atoms with E-state index in [-0.39, 0.29) is 22.0 Å². The van der Waals surface area contributed by atoms with E-state index in [1.165, 1.54) is 61.7 Å². The molecule has 0 spiro atoms. The number of benzene rings is 2. The van der Waals surface area contributed by atoms with Crippen LogP contribution < -0.4 is 20.1 Å². The lowest BCUT2D eigenvalue weighted by Gasteiger charge is -2.27. The fraction of sp³-hybridized carbons (Fsp3) is 0.421. The molecule has 0 amide bonds. The van der Waals surface area contributed by atoms with Crippen LogP contribution >= 0.6 is 0 Å². The molecule has 4 aliphatic heterocycles. The number of ether oxygens (including phenoxy) is 2. The van der Waals surface area contributed by atoms with Crippen molar-refractivity contribution < 1.29 is 26.3 Å². The van der Waals surface area contributed by atoms with E-state index in [0.29, 0.717) is 11.8 Å². The molecule has 2 N–H and O–H groups in total. The van der Waals surface area contributed by atoms with Crippen molar-refractivity contribution in [2.45, 2.75) is 60.5 Å². The van der Waals surface area contributed by atoms with Crippen LogP contribution in [-0.4, -0.2) is 77.7 Å². The van der Waals surface area contributed by atoms with E-state index < -0.39 is 19.7 Å². The summed E-state index contributed by atoms with van der Waals surface area (Å²) in [6.45, 7) is 4.29. The van der Waals surface area contributed by atoms with Crippen molar-refractivity contribution in [1.82, 2.24) is 20.6 Å². The lowest BCUT2D eigenvalue weighted by molar-refractivity contribution is 0.134. The summed E-state index contributed by atoms with van der Waals surface area (Å²) < 4.78 is 58.6. The minimum Gasteiger partial charge on any atom is -0.490 e. The molecule has 0 radical (unpaired) electrons. The maximum Gasteiger partial charge on any atom is 0.177 e. The average Bonchev–Trinajstić information content (AvgIpc) is 3.76. The van der Waals surface area contributed by atoms with Gasteiger partial charge in [-0.2, -0.15) is 0 Å². The first-order valence-corrected chi connectivity index (χ1v) is 21.1. The Kier molecular flexibility index (Phi) is 9.98. The number of nitrogens with one attached hydrogen (secondary N) is 2. The van der Waals surface area contributed by atoms with Crippen LogP contribution in [-0.2, 0) is 32.5 Å². The largest absolute Gasteiger partial charge is 0.490 e. The van der Waals surface area contributed by atoms with Crippen molar-refractivity contribution in [1.29, 1.82) is 0 Å². The Hall–Kier alpha value is -3.84. The molecule has 8 rings (SSSR count). The minimum absolute atomic E-state index is 0.242. The molecule has 50 heavy (non-hydrogen) atoms. The Balaban J connectivity index is 0.000000157. The van der Waals surface area contributed by atoms with Gasteiger partial charge < -0.3 is 20.1 Å². The molecule has 4 aliphatic rings. The highest BCUT2D eigenvalue weighted by molar-refractivity contribution is 7.91. The summed E-state index contributed by atoms with van der Waals surface area (Å²) in [5, 5.41) is 6.80. The van der Waals surface area contributed by atoms with E-state index in [1.807, 2.05) is 24.3 Å². The van der Waals surface area contributed by atoms with Crippen molar-refractivity contribution in [3.8, 4) is 34.0 Å². The number of hydrogen-bond acceptors (Lipinski definition) is 10. The SMILES string of the molecule is CS(=O)(=O)c1ccc(-c2ccc3c(c2)C[C@@H](C2CCNCC2)O3)nc1.CS(=O)(=O)c1ccc(-c2ccc3c(c2)C[C@H](C2CCNCC2)O3)nc1. The molecular formula is C38H44N4O6S2. The quantitative estimate of drug-likeness (QED) is 0.283. The molecule has 0 aliphatic carbocycles. The zero-order valence-electron chi connectivity index (χ0n) is 28.5. The Morgan fingerprint density at radius 3 is 1.32 bits per heavy atom. The first-order valence-electron chi connectivity index (χ1n) is 17.3. The molecule has 12 heteroatoms. The number of piperidine rings is 2. The van der Waals surface area contributed by atoms with Crippen LogP contribution in [0.5, 0.6) is 11.5 Å². The molecular weight excluding hydrogens is 673 g/mol. The maximum atomic E-state index is 11.6. The Labute approximate surface area is 294 Å². The third-order valence-electron chi connectivity index (χ3n) is 10.3. The van der Waals surface area contributed by atoms with Gasteiger partial charge in [0.2, 0.25) is 0 Å². The Bertz CT molecular complexity index is 1890. The Morgan fingerprint density at radius 1 is 0.580 bits per heavy atom. The minimum atomic E-state index is -3.22. The van der Waals surface area contributed by atoms with Crippen LogP contribution in [0.2, 0.25) is 0 Å². The van der Waals surface area contributed by atoms with Crippen molar-refractivity contribution in [3.05, 3.63) is 84.2 Å². The molecule has 0 bridgehead atoms. The zero-order chi connectivity index (χ0) is 34.9. The normalized spacial score (nSPS) is 20.9. The molecule has 2 atom stereocenters. The second kappa shape index (κ2) is 14.4. The smallest absolute Gasteiger partial charge is 0.177 e. The standard InChI is InChI=1S/2C19H22N2O3S/c2*1-25(22,23)16-3-4-17(21-12-16)14-2-5-18-15(10-14)11-19(24-18)13-6-8-20-9-7-13/h2*2-5,10,12-13,19-20H,6-9,11H2,1H3/t2*19-/m10/s1. The molecule has 6 heterocycles. The third-order valence-corrected chi connectivity index (χ3v) is 12.5. The van der Waals surface area contributed by atoms with Crippen molar-refractivity contribution in [2.24, 2.45) is 11.8 Å². The first kappa shape index (κ1) is 34.6. The van der Waals surface area contributed by atoms with Crippen LogP contribution in [0.25, 0.3) is 22.5 Å². The van der Waals surface area contributed by atoms with Crippen LogP contribution in [0.4, 0.5) is 0 Å². The number of nitrogens with zero attached hydrogens (tertiary/aromatic N) is 2. The molecule has 0 saturated carbocycles. The van der Waals surface area contributed by atoms with E-state index in [9.17, 15) is 16.8 Å². The number of fused-ring (bicyclic) bond motifs is 2. The third kappa shape index (κ3) is 7.88. The Morgan fingerprint density at radius 2 is 0.980 bits per heavy atom. The van der Waals surface area contributed by atoms with Crippen molar-refractivity contribution in [2.75, 3.05) is 38.7 Å². The second-order valence-corrected chi connectivity index (χ2v) is 17.9. The van der Waals surface area contributed by atoms with Gasteiger partial charge in [0.15, 0.2) is 19.7 Å². The monoisotopic (exact) mass is 716 g/mol. The van der Waals surface area contributed by atoms with E-state index in [2.05, 4.69) is 32.7 Å². The summed E-state index contributed by atoms with van der Waals surface area (Å²) in [5.41, 5.74) is 5.98. The zero-order valence-corrected chi connectivity index (χ0v) is 30.1. The average molecular weight is 717 g/mol. The highest BCUT2D eigenvalue weighted by Crippen LogP contribution is 2.38. The molecule has 0 unspecified atom stereocenters. The van der Waals surface area contributed by atoms with Crippen LogP contribution in [0.15, 0.2) is 82.8 Å². The highest BCUT2D eigenvalue weighted by Gasteiger charge is 2.32. The predicted octanol–water partition coefficient (Wildman–Crippen LogP) is 4.91. The van der Waals surface area contributed by atoms with Gasteiger partial charge in [0.1, 0.15) is 23.7 Å². The fourth-order valence-corrected chi connectivity index (χ4v) is 8.49. The van der Waals surface area contributed by atoms with Crippen molar-refractivity contribution >= 4 is 19.7 Å². The topological polar surface area (TPSA) is 137 Å². The highest BCUT2D eigenvalue weighted by atomic mass is 32.2. The van der Waals surface area contributed by atoms with Gasteiger partial charge in [-0.15, -0.1) is 0 Å². The molecule has 2 aromatic carbocycles. The van der Waals surface area contributed by atoms with Gasteiger partial charge in [-0.1, -0.05) is 0 Å². The number of pyridine rings is 2. The molecule has 2 fully saturated rings. The van der Waals surface area contributed by atoms with E-state index in [1.54, 1.807) is 24.3 Å². The number of sulfone groups is 2. The van der Waals surface area contributed by atoms with Gasteiger partial charge >= 0.3 is 0 Å². The maximum absolute atomic E-state index is 11.6. The summed E-state index contributed by atoms with van der Waals surface area (Å²) in [5.74, 6) is 3.17. The number of rotatable bonds is 6. The fourth-order valence-electron chi connectivity index (χ4n) is 7.37. The van der Waals surface area contributed by atoms with Gasteiger partial charge in [-0.3, -0.25) is 9.97 Å². The molecule has 4 aromatic rings. The van der Waals surface area contributed by atoms with Crippen LogP contribution in [0, 0.1) is 11.8 Å². The van der Waals surface area contributed by atoms with E-state index in [0.717, 1.165) is 73.0 Å². The first-order chi connectivity index (χ1) is 24.0. The lowest BCUT2D eigenvalue weighted by Crippen LogP contribution is -2.36. The summed E-state index contributed by atoms with van der Waals surface area (Å²) in [4.78, 5) is 9.13. The number of aromatic nitrogens is 2. The second-order valence-electron chi connectivity index (χ2n) is 13.8. The number of hydrogen-bond donors (Lipinski definition) is 2. The lowest BCUT2D eigenvalue weighted by atomic mass is 9.89. The molecule has 10 nitrogen and oxygen atoms in total. The van der Waals surface area contributed by atoms with Gasteiger partial charge in [0, 0.05) is 48.9 Å². The van der Waals surface area contributed by atoms with Gasteiger partial charge in [0.25, 0.3) is 0 Å². The molecule has 264 valence electrons. The van der Waals surface area contributed by atoms with E-state index >= 15 is 0 Å². The van der Waals surface area contributed by atoms with Crippen LogP contribution in [0.3, 0.4) is 0 Å². The summed E-state index contributed by atoms with van der Waals surface area (Å²) in [6.07, 6.45) is 12.3. The van der Waals surface area contributed by atoms with Crippen molar-refractivity contribution in [3.63, 3.8) is 0 Å². The summed E-state index contributed by atoms with van der Waals surface area (Å²) in [6, 6.07) is 19.0. The van der Waals surface area contributed by atoms with Gasteiger partial charge in [-0.05, 0) is 135 Å². The predicted molar refractivity (Wildman–Crippen MR) is 193 cm³/mol. The molecule has 2 aromatic heterocycles. The van der Waals surface area contributed by atoms with Gasteiger partial charge in [0.05, 0.1) is 21.2 Å². The van der Waals surface area contributed by atoms with Gasteiger partial charge in [-0.25, -0.2) is 16.8 Å². The van der Waals surface area contributed by atoms with Crippen LogP contribution in [0.1, 0.15) is 36.8 Å². The summed E-state index contributed by atoms with van der Waals surface area (Å²) in [7, 11) is -6.44. The molecule has 2 saturated heterocycles.